The highest BCUT2D eigenvalue weighted by molar-refractivity contribution is 6.21. The maximum Gasteiger partial charge on any atom is 0.260 e. The Morgan fingerprint density at radius 3 is 2.24 bits per heavy atom. The summed E-state index contributed by atoms with van der Waals surface area (Å²) in [5, 5.41) is 8.17. The molecule has 3 heterocycles. The first-order valence-corrected chi connectivity index (χ1v) is 11.6. The van der Waals surface area contributed by atoms with Crippen molar-refractivity contribution in [2.45, 2.75) is 31.3 Å². The van der Waals surface area contributed by atoms with Gasteiger partial charge in [-0.2, -0.15) is 4.98 Å². The van der Waals surface area contributed by atoms with E-state index in [0.717, 1.165) is 23.3 Å². The minimum atomic E-state index is -0.317. The number of fused-ring (bicyclic) bond motifs is 2. The van der Waals surface area contributed by atoms with Gasteiger partial charge in [-0.15, -0.1) is 5.10 Å². The number of carbonyl (C=O) groups is 2. The number of amides is 2. The zero-order valence-electron chi connectivity index (χ0n) is 18.8. The Hall–Kier alpha value is -3.94. The second-order valence-corrected chi connectivity index (χ2v) is 8.98. The topological polar surface area (TPSA) is 89.4 Å². The molecule has 1 aromatic heterocycles. The van der Waals surface area contributed by atoms with Crippen LogP contribution in [0.25, 0.3) is 0 Å². The molecule has 8 nitrogen and oxygen atoms in total. The molecule has 0 spiro atoms. The fourth-order valence-electron chi connectivity index (χ4n) is 5.27. The van der Waals surface area contributed by atoms with Crippen LogP contribution in [-0.2, 0) is 9.59 Å². The number of hydrogen-bond donors (Lipinski definition) is 1. The Bertz CT molecular complexity index is 1240. The Labute approximate surface area is 197 Å². The maximum atomic E-state index is 13.1. The predicted molar refractivity (Wildman–Crippen MR) is 126 cm³/mol. The smallest absolute Gasteiger partial charge is 0.260 e. The zero-order valence-corrected chi connectivity index (χ0v) is 18.8. The summed E-state index contributed by atoms with van der Waals surface area (Å²) in [7, 11) is 1.65. The Kier molecular flexibility index (Phi) is 4.94. The van der Waals surface area contributed by atoms with Crippen molar-refractivity contribution in [2.75, 3.05) is 17.3 Å². The number of nitrogens with one attached hydrogen (secondary N) is 1. The monoisotopic (exact) mass is 455 g/mol. The molecule has 1 aliphatic carbocycles. The van der Waals surface area contributed by atoms with Crippen molar-refractivity contribution in [2.24, 2.45) is 11.8 Å². The molecule has 0 radical (unpaired) electrons. The van der Waals surface area contributed by atoms with Crippen LogP contribution in [-0.4, -0.2) is 33.7 Å². The second kappa shape index (κ2) is 8.13. The van der Waals surface area contributed by atoms with Crippen molar-refractivity contribution in [3.8, 4) is 5.75 Å². The third kappa shape index (κ3) is 3.29. The van der Waals surface area contributed by atoms with Crippen molar-refractivity contribution in [1.29, 1.82) is 0 Å². The fraction of sp³-hybridized carbons (Fsp3) is 0.308. The van der Waals surface area contributed by atoms with Crippen LogP contribution < -0.4 is 15.0 Å². The first-order valence-electron chi connectivity index (χ1n) is 11.6. The van der Waals surface area contributed by atoms with Gasteiger partial charge >= 0.3 is 0 Å². The van der Waals surface area contributed by atoms with E-state index in [0.29, 0.717) is 18.8 Å². The van der Waals surface area contributed by atoms with E-state index >= 15 is 0 Å². The lowest BCUT2D eigenvalue weighted by Gasteiger charge is -2.31. The normalized spacial score (nSPS) is 25.6. The number of benzene rings is 2. The molecule has 3 aliphatic rings. The summed E-state index contributed by atoms with van der Waals surface area (Å²) < 4.78 is 7.11. The molecule has 0 unspecified atom stereocenters. The molecule has 1 fully saturated rings. The van der Waals surface area contributed by atoms with Gasteiger partial charge in [-0.05, 0) is 42.5 Å². The van der Waals surface area contributed by atoms with Crippen LogP contribution in [0.3, 0.4) is 0 Å². The molecule has 34 heavy (non-hydrogen) atoms. The van der Waals surface area contributed by atoms with E-state index < -0.39 is 0 Å². The van der Waals surface area contributed by atoms with Gasteiger partial charge in [0.05, 0.1) is 31.0 Å². The summed E-state index contributed by atoms with van der Waals surface area (Å²) in [4.78, 5) is 32.1. The van der Waals surface area contributed by atoms with Crippen LogP contribution in [0, 0.1) is 11.8 Å². The lowest BCUT2D eigenvalue weighted by molar-refractivity contribution is -0.122. The van der Waals surface area contributed by atoms with Gasteiger partial charge < -0.3 is 10.1 Å². The van der Waals surface area contributed by atoms with E-state index in [1.165, 1.54) is 4.90 Å². The number of imide groups is 1. The van der Waals surface area contributed by atoms with Gasteiger partial charge in [0.1, 0.15) is 5.75 Å². The Balaban J connectivity index is 1.38. The molecule has 3 aromatic rings. The highest BCUT2D eigenvalue weighted by Crippen LogP contribution is 2.41. The number of allylic oxidation sites excluding steroid dienone is 2. The second-order valence-electron chi connectivity index (χ2n) is 8.98. The van der Waals surface area contributed by atoms with Crippen LogP contribution in [0.5, 0.6) is 5.75 Å². The largest absolute Gasteiger partial charge is 0.497 e. The molecular formula is C26H25N5O3. The van der Waals surface area contributed by atoms with Gasteiger partial charge in [0.2, 0.25) is 17.8 Å². The van der Waals surface area contributed by atoms with E-state index in [1.54, 1.807) is 7.11 Å². The Morgan fingerprint density at radius 1 is 0.912 bits per heavy atom. The van der Waals surface area contributed by atoms with E-state index in [-0.39, 0.29) is 41.7 Å². The average Bonchev–Trinajstić information content (AvgIpc) is 3.42. The van der Waals surface area contributed by atoms with Gasteiger partial charge in [-0.3, -0.25) is 9.59 Å². The molecule has 4 atom stereocenters. The maximum absolute atomic E-state index is 13.1. The number of carbonyl (C=O) groups excluding carboxylic acids is 2. The van der Waals surface area contributed by atoms with Crippen molar-refractivity contribution in [3.05, 3.63) is 77.9 Å². The molecule has 2 aliphatic heterocycles. The van der Waals surface area contributed by atoms with Gasteiger partial charge in [0.15, 0.2) is 0 Å². The van der Waals surface area contributed by atoms with Crippen LogP contribution in [0.15, 0.2) is 66.7 Å². The summed E-state index contributed by atoms with van der Waals surface area (Å²) in [6, 6.07) is 18.0. The van der Waals surface area contributed by atoms with Crippen molar-refractivity contribution >= 4 is 23.7 Å². The number of methoxy groups -OCH3 is 1. The zero-order chi connectivity index (χ0) is 23.2. The number of nitrogens with zero attached hydrogens (tertiary/aromatic N) is 4. The molecular weight excluding hydrogens is 430 g/mol. The number of ether oxygens (including phenoxy) is 1. The molecule has 1 N–H and O–H groups in total. The van der Waals surface area contributed by atoms with Crippen LogP contribution in [0.2, 0.25) is 0 Å². The first kappa shape index (κ1) is 20.7. The molecule has 0 saturated carbocycles. The highest BCUT2D eigenvalue weighted by Gasteiger charge is 2.49. The fourth-order valence-corrected chi connectivity index (χ4v) is 5.27. The molecule has 6 rings (SSSR count). The minimum absolute atomic E-state index is 0.0163. The number of anilines is 2. The van der Waals surface area contributed by atoms with E-state index in [4.69, 9.17) is 9.84 Å². The van der Waals surface area contributed by atoms with Crippen molar-refractivity contribution in [3.63, 3.8) is 0 Å². The molecule has 2 amide bonds. The quantitative estimate of drug-likeness (QED) is 0.474. The lowest BCUT2D eigenvalue weighted by atomic mass is 9.85. The van der Waals surface area contributed by atoms with E-state index in [2.05, 4.69) is 22.4 Å². The molecule has 0 bridgehead atoms. The third-order valence-corrected chi connectivity index (χ3v) is 7.09. The number of hydrogen-bond acceptors (Lipinski definition) is 6. The standard InChI is InChI=1S/C26H25N5O3/c1-34-18-13-11-16(12-14-18)21-15-22(17-7-3-2-4-8-17)31-25(27-21)28-26(29-31)30-23(32)19-9-5-6-10-20(19)24(30)33/h2-8,11-14,19-22H,9-10,15H2,1H3,(H,27,28,29)/t19-,20-,21+,22-/m0/s1. The number of aromatic nitrogens is 3. The Morgan fingerprint density at radius 2 is 1.59 bits per heavy atom. The summed E-state index contributed by atoms with van der Waals surface area (Å²) >= 11 is 0. The van der Waals surface area contributed by atoms with E-state index in [9.17, 15) is 9.59 Å². The predicted octanol–water partition coefficient (Wildman–Crippen LogP) is 3.89. The van der Waals surface area contributed by atoms with Gasteiger partial charge in [-0.25, -0.2) is 9.58 Å². The van der Waals surface area contributed by atoms with Crippen LogP contribution in [0.4, 0.5) is 11.9 Å². The van der Waals surface area contributed by atoms with Crippen molar-refractivity contribution in [1.82, 2.24) is 14.8 Å². The lowest BCUT2D eigenvalue weighted by Crippen LogP contribution is -2.32. The van der Waals surface area contributed by atoms with Gasteiger partial charge in [-0.1, -0.05) is 54.6 Å². The van der Waals surface area contributed by atoms with Crippen molar-refractivity contribution < 1.29 is 14.3 Å². The first-order chi connectivity index (χ1) is 16.6. The summed E-state index contributed by atoms with van der Waals surface area (Å²) in [5.41, 5.74) is 2.19. The van der Waals surface area contributed by atoms with Crippen LogP contribution >= 0.6 is 0 Å². The summed E-state index contributed by atoms with van der Waals surface area (Å²) in [5.74, 6) is 0.459. The van der Waals surface area contributed by atoms with Crippen LogP contribution in [0.1, 0.15) is 42.5 Å². The number of rotatable bonds is 4. The molecule has 1 saturated heterocycles. The summed E-state index contributed by atoms with van der Waals surface area (Å²) in [6.07, 6.45) is 5.87. The average molecular weight is 456 g/mol. The molecule has 2 aromatic carbocycles. The highest BCUT2D eigenvalue weighted by atomic mass is 16.5. The third-order valence-electron chi connectivity index (χ3n) is 7.09. The minimum Gasteiger partial charge on any atom is -0.497 e. The SMILES string of the molecule is COc1ccc([C@H]2C[C@@H](c3ccccc3)n3nc(N4C(=O)[C@H]5CC=CC[C@@H]5C4=O)nc3N2)cc1. The van der Waals surface area contributed by atoms with E-state index in [1.807, 2.05) is 59.3 Å². The molecule has 172 valence electrons. The molecule has 8 heteroatoms. The van der Waals surface area contributed by atoms with Gasteiger partial charge in [0, 0.05) is 0 Å². The van der Waals surface area contributed by atoms with Gasteiger partial charge in [0.25, 0.3) is 5.95 Å². The summed E-state index contributed by atoms with van der Waals surface area (Å²) in [6.45, 7) is 0.